The summed E-state index contributed by atoms with van der Waals surface area (Å²) >= 11 is 0. The summed E-state index contributed by atoms with van der Waals surface area (Å²) in [4.78, 5) is 4.95. The molecule has 2 heteroatoms. The maximum Gasteiger partial charge on any atom is 0.127 e. The lowest BCUT2D eigenvalue weighted by Gasteiger charge is -2.45. The van der Waals surface area contributed by atoms with E-state index in [9.17, 15) is 5.11 Å². The highest BCUT2D eigenvalue weighted by molar-refractivity contribution is 5.84. The van der Waals surface area contributed by atoms with E-state index in [1.807, 2.05) is 31.3 Å². The number of aromatic hydroxyl groups is 1. The van der Waals surface area contributed by atoms with Crippen LogP contribution in [0.3, 0.4) is 0 Å². The number of para-hydroxylation sites is 1. The lowest BCUT2D eigenvalue weighted by Crippen LogP contribution is -2.38. The first-order chi connectivity index (χ1) is 10.2. The van der Waals surface area contributed by atoms with E-state index in [-0.39, 0.29) is 0 Å². The summed E-state index contributed by atoms with van der Waals surface area (Å²) in [7, 11) is 0. The van der Waals surface area contributed by atoms with Gasteiger partial charge in [0.05, 0.1) is 6.04 Å². The zero-order chi connectivity index (χ0) is 14.7. The lowest BCUT2D eigenvalue weighted by atomic mass is 9.62. The molecular weight excluding hydrogens is 258 g/mol. The molecule has 1 atom stereocenters. The summed E-state index contributed by atoms with van der Waals surface area (Å²) in [5, 5.41) is 10.1. The number of aryl methyl sites for hydroxylation is 1. The molecule has 1 N–H and O–H groups in total. The molecule has 2 nitrogen and oxygen atoms in total. The Morgan fingerprint density at radius 1 is 1.10 bits per heavy atom. The fraction of sp³-hybridized carbons (Fsp3) is 0.632. The second kappa shape index (κ2) is 6.21. The molecule has 21 heavy (non-hydrogen) atoms. The molecule has 0 saturated heterocycles. The number of benzene rings is 1. The molecule has 3 rings (SSSR count). The van der Waals surface area contributed by atoms with Crippen LogP contribution in [-0.2, 0) is 0 Å². The van der Waals surface area contributed by atoms with E-state index >= 15 is 0 Å². The zero-order valence-electron chi connectivity index (χ0n) is 13.1. The molecule has 2 aliphatic rings. The van der Waals surface area contributed by atoms with Gasteiger partial charge in [-0.25, -0.2) is 0 Å². The van der Waals surface area contributed by atoms with E-state index in [0.29, 0.717) is 17.2 Å². The Hall–Kier alpha value is -1.31. The van der Waals surface area contributed by atoms with Crippen LogP contribution in [0.4, 0.5) is 0 Å². The molecular formula is C19H27NO. The Morgan fingerprint density at radius 2 is 1.81 bits per heavy atom. The van der Waals surface area contributed by atoms with Crippen LogP contribution in [0.15, 0.2) is 23.2 Å². The Balaban J connectivity index is 1.81. The van der Waals surface area contributed by atoms with E-state index in [1.165, 1.54) is 57.8 Å². The van der Waals surface area contributed by atoms with Gasteiger partial charge in [-0.2, -0.15) is 0 Å². The molecule has 0 aliphatic heterocycles. The fourth-order valence-corrected chi connectivity index (χ4v) is 4.32. The van der Waals surface area contributed by atoms with Crippen molar-refractivity contribution in [1.82, 2.24) is 0 Å². The number of nitrogens with zero attached hydrogens (tertiary/aromatic N) is 1. The number of phenolic OH excluding ortho intramolecular Hbond substituents is 1. The normalized spacial score (nSPS) is 25.5. The van der Waals surface area contributed by atoms with E-state index < -0.39 is 0 Å². The molecule has 0 heterocycles. The van der Waals surface area contributed by atoms with E-state index in [4.69, 9.17) is 4.99 Å². The van der Waals surface area contributed by atoms with Crippen molar-refractivity contribution in [2.24, 2.45) is 10.4 Å². The van der Waals surface area contributed by atoms with Crippen molar-refractivity contribution in [3.05, 3.63) is 29.3 Å². The molecule has 1 spiro atoms. The van der Waals surface area contributed by atoms with Gasteiger partial charge >= 0.3 is 0 Å². The molecule has 1 aromatic rings. The van der Waals surface area contributed by atoms with E-state index in [0.717, 1.165) is 11.1 Å². The van der Waals surface area contributed by atoms with Crippen LogP contribution in [0.25, 0.3) is 0 Å². The third kappa shape index (κ3) is 3.00. The van der Waals surface area contributed by atoms with Crippen LogP contribution in [0.1, 0.15) is 68.9 Å². The molecule has 0 amide bonds. The third-order valence-electron chi connectivity index (χ3n) is 5.62. The van der Waals surface area contributed by atoms with Gasteiger partial charge in [0.25, 0.3) is 0 Å². The average molecular weight is 285 g/mol. The summed E-state index contributed by atoms with van der Waals surface area (Å²) in [6, 6.07) is 6.36. The molecule has 0 bridgehead atoms. The quantitative estimate of drug-likeness (QED) is 0.761. The van der Waals surface area contributed by atoms with Gasteiger partial charge in [0.2, 0.25) is 0 Å². The summed E-state index contributed by atoms with van der Waals surface area (Å²) in [6.07, 6.45) is 14.1. The van der Waals surface area contributed by atoms with E-state index in [2.05, 4.69) is 0 Å². The first kappa shape index (κ1) is 14.6. The largest absolute Gasteiger partial charge is 0.507 e. The van der Waals surface area contributed by atoms with Crippen LogP contribution < -0.4 is 0 Å². The maximum absolute atomic E-state index is 10.1. The minimum absolute atomic E-state index is 0.384. The van der Waals surface area contributed by atoms with Gasteiger partial charge in [-0.15, -0.1) is 0 Å². The third-order valence-corrected chi connectivity index (χ3v) is 5.62. The Kier molecular flexibility index (Phi) is 4.32. The number of aliphatic imine (C=N–C) groups is 1. The molecule has 114 valence electrons. The lowest BCUT2D eigenvalue weighted by molar-refractivity contribution is 0.0975. The van der Waals surface area contributed by atoms with Gasteiger partial charge in [0.1, 0.15) is 5.75 Å². The fourth-order valence-electron chi connectivity index (χ4n) is 4.32. The van der Waals surface area contributed by atoms with Crippen molar-refractivity contribution in [3.8, 4) is 5.75 Å². The minimum Gasteiger partial charge on any atom is -0.507 e. The van der Waals surface area contributed by atoms with Crippen LogP contribution in [-0.4, -0.2) is 17.4 Å². The monoisotopic (exact) mass is 285 g/mol. The minimum atomic E-state index is 0.384. The van der Waals surface area contributed by atoms with Crippen molar-refractivity contribution in [3.63, 3.8) is 0 Å². The maximum atomic E-state index is 10.1. The highest BCUT2D eigenvalue weighted by Crippen LogP contribution is 2.48. The summed E-state index contributed by atoms with van der Waals surface area (Å²) in [6.45, 7) is 1.94. The Bertz CT molecular complexity index is 506. The van der Waals surface area contributed by atoms with Crippen molar-refractivity contribution in [2.45, 2.75) is 70.8 Å². The number of phenols is 1. The Morgan fingerprint density at radius 3 is 2.57 bits per heavy atom. The second-order valence-electron chi connectivity index (χ2n) is 6.98. The van der Waals surface area contributed by atoms with Gasteiger partial charge in [0.15, 0.2) is 0 Å². The topological polar surface area (TPSA) is 32.6 Å². The van der Waals surface area contributed by atoms with Gasteiger partial charge < -0.3 is 5.11 Å². The first-order valence-corrected chi connectivity index (χ1v) is 8.53. The zero-order valence-corrected chi connectivity index (χ0v) is 13.1. The second-order valence-corrected chi connectivity index (χ2v) is 6.98. The van der Waals surface area contributed by atoms with Gasteiger partial charge in [-0.1, -0.05) is 44.2 Å². The SMILES string of the molecule is Cc1cccc(C=NC2CCCCC23CCCCC3)c1O. The number of rotatable bonds is 2. The predicted octanol–water partition coefficient (Wildman–Crippen LogP) is 5.01. The van der Waals surface area contributed by atoms with Gasteiger partial charge in [-0.05, 0) is 49.7 Å². The molecule has 1 unspecified atom stereocenters. The molecule has 2 saturated carbocycles. The van der Waals surface area contributed by atoms with E-state index in [1.54, 1.807) is 0 Å². The van der Waals surface area contributed by atoms with Crippen LogP contribution in [0, 0.1) is 12.3 Å². The van der Waals surface area contributed by atoms with Crippen molar-refractivity contribution < 1.29 is 5.11 Å². The summed E-state index contributed by atoms with van der Waals surface area (Å²) < 4.78 is 0. The Labute approximate surface area is 128 Å². The number of hydrogen-bond acceptors (Lipinski definition) is 2. The number of hydrogen-bond donors (Lipinski definition) is 1. The van der Waals surface area contributed by atoms with Crippen molar-refractivity contribution in [1.29, 1.82) is 0 Å². The predicted molar refractivity (Wildman–Crippen MR) is 88.2 cm³/mol. The molecule has 2 fully saturated rings. The van der Waals surface area contributed by atoms with Crippen LogP contribution in [0.2, 0.25) is 0 Å². The summed E-state index contributed by atoms with van der Waals surface area (Å²) in [5.74, 6) is 0.384. The molecule has 0 aromatic heterocycles. The smallest absolute Gasteiger partial charge is 0.127 e. The van der Waals surface area contributed by atoms with Crippen molar-refractivity contribution in [2.75, 3.05) is 0 Å². The standard InChI is InChI=1S/C19H27NO/c1-15-8-7-9-16(18(15)21)14-20-17-10-3-6-13-19(17)11-4-2-5-12-19/h7-9,14,17,21H,2-6,10-13H2,1H3. The van der Waals surface area contributed by atoms with Crippen LogP contribution in [0.5, 0.6) is 5.75 Å². The molecule has 2 aliphatic carbocycles. The van der Waals surface area contributed by atoms with Gasteiger partial charge in [-0.3, -0.25) is 4.99 Å². The van der Waals surface area contributed by atoms with Gasteiger partial charge in [0, 0.05) is 11.8 Å². The highest BCUT2D eigenvalue weighted by Gasteiger charge is 2.40. The highest BCUT2D eigenvalue weighted by atomic mass is 16.3. The average Bonchev–Trinajstić information content (AvgIpc) is 2.51. The first-order valence-electron chi connectivity index (χ1n) is 8.53. The molecule has 0 radical (unpaired) electrons. The molecule has 1 aromatic carbocycles. The van der Waals surface area contributed by atoms with Crippen LogP contribution >= 0.6 is 0 Å². The van der Waals surface area contributed by atoms with Crippen molar-refractivity contribution >= 4 is 6.21 Å². The summed E-state index contributed by atoms with van der Waals surface area (Å²) in [5.41, 5.74) is 2.26.